The van der Waals surface area contributed by atoms with Gasteiger partial charge < -0.3 is 9.84 Å². The van der Waals surface area contributed by atoms with Crippen LogP contribution in [0, 0.1) is 0 Å². The van der Waals surface area contributed by atoms with Crippen LogP contribution >= 0.6 is 0 Å². The van der Waals surface area contributed by atoms with Crippen molar-refractivity contribution in [1.29, 1.82) is 0 Å². The molecular weight excluding hydrogens is 312 g/mol. The second kappa shape index (κ2) is 21.0. The number of carboxylic acid groups (broad SMARTS) is 1. The zero-order valence-electron chi connectivity index (χ0n) is 16.4. The van der Waals surface area contributed by atoms with Crippen LogP contribution in [0.2, 0.25) is 0 Å². The van der Waals surface area contributed by atoms with E-state index in [1.165, 1.54) is 70.6 Å². The quantitative estimate of drug-likeness (QED) is 0.208. The number of hydrogen-bond donors (Lipinski definition) is 1. The van der Waals surface area contributed by atoms with Crippen LogP contribution in [0.3, 0.4) is 0 Å². The Labute approximate surface area is 155 Å². The molecule has 0 saturated carbocycles. The molecule has 0 aromatic rings. The molecule has 0 unspecified atom stereocenters. The number of ether oxygens (including phenoxy) is 1. The summed E-state index contributed by atoms with van der Waals surface area (Å²) in [6, 6.07) is 0. The molecule has 0 fully saturated rings. The van der Waals surface area contributed by atoms with Crippen LogP contribution in [-0.4, -0.2) is 24.3 Å². The molecule has 0 aliphatic carbocycles. The zero-order valence-corrected chi connectivity index (χ0v) is 16.4. The van der Waals surface area contributed by atoms with Gasteiger partial charge in [0.05, 0.1) is 6.61 Å². The Morgan fingerprint density at radius 1 is 0.800 bits per heavy atom. The Morgan fingerprint density at radius 3 is 1.88 bits per heavy atom. The first-order chi connectivity index (χ1) is 12.3. The average molecular weight is 353 g/mol. The highest BCUT2D eigenvalue weighted by Gasteiger charge is 1.94. The second-order valence-corrected chi connectivity index (χ2v) is 6.80. The third-order valence-corrected chi connectivity index (χ3v) is 4.29. The van der Waals surface area contributed by atoms with E-state index in [1.54, 1.807) is 6.08 Å². The van der Waals surface area contributed by atoms with Crippen LogP contribution in [-0.2, 0) is 9.53 Å². The van der Waals surface area contributed by atoms with Gasteiger partial charge in [-0.25, -0.2) is 0 Å². The van der Waals surface area contributed by atoms with E-state index in [1.807, 2.05) is 6.08 Å². The van der Waals surface area contributed by atoms with E-state index in [0.29, 0.717) is 6.42 Å². The maximum Gasteiger partial charge on any atom is 0.303 e. The van der Waals surface area contributed by atoms with E-state index in [9.17, 15) is 4.79 Å². The van der Waals surface area contributed by atoms with Crippen LogP contribution < -0.4 is 0 Å². The summed E-state index contributed by atoms with van der Waals surface area (Å²) in [4.78, 5) is 10.3. The topological polar surface area (TPSA) is 46.5 Å². The number of hydrogen-bond acceptors (Lipinski definition) is 2. The molecule has 0 aromatic heterocycles. The summed E-state index contributed by atoms with van der Waals surface area (Å²) in [5, 5.41) is 8.49. The molecule has 0 radical (unpaired) electrons. The number of unbranched alkanes of at least 4 members (excludes halogenated alkanes) is 11. The van der Waals surface area contributed by atoms with Crippen molar-refractivity contribution in [3.05, 3.63) is 17.9 Å². The standard InChI is InChI=1S/C22H40O3/c1-2-3-4-5-6-7-8-9-10-11-14-17-20-25-21-18-15-12-13-16-19-22(23)24/h13,15H,2-11,14,16-21H2,1H3,(H,23,24). The van der Waals surface area contributed by atoms with Gasteiger partial charge in [-0.05, 0) is 31.4 Å². The molecule has 1 N–H and O–H groups in total. The first-order valence-electron chi connectivity index (χ1n) is 10.5. The van der Waals surface area contributed by atoms with Crippen molar-refractivity contribution >= 4 is 5.97 Å². The zero-order chi connectivity index (χ0) is 18.4. The monoisotopic (exact) mass is 352 g/mol. The Balaban J connectivity index is 3.11. The molecule has 0 amide bonds. The van der Waals surface area contributed by atoms with Crippen LogP contribution in [0.15, 0.2) is 17.9 Å². The van der Waals surface area contributed by atoms with Crippen molar-refractivity contribution in [3.8, 4) is 0 Å². The fourth-order valence-corrected chi connectivity index (χ4v) is 2.74. The number of carbonyl (C=O) groups is 1. The van der Waals surface area contributed by atoms with Crippen molar-refractivity contribution in [1.82, 2.24) is 0 Å². The Hall–Kier alpha value is -1.05. The highest BCUT2D eigenvalue weighted by Crippen LogP contribution is 2.11. The summed E-state index contributed by atoms with van der Waals surface area (Å²) < 4.78 is 5.59. The van der Waals surface area contributed by atoms with Gasteiger partial charge in [0.2, 0.25) is 0 Å². The molecule has 0 aliphatic rings. The normalized spacial score (nSPS) is 10.4. The molecule has 0 aliphatic heterocycles. The van der Waals surface area contributed by atoms with E-state index in [2.05, 4.69) is 12.7 Å². The molecule has 146 valence electrons. The molecule has 3 heteroatoms. The van der Waals surface area contributed by atoms with Crippen molar-refractivity contribution in [2.45, 2.75) is 103 Å². The van der Waals surface area contributed by atoms with Crippen LogP contribution in [0.4, 0.5) is 0 Å². The third-order valence-electron chi connectivity index (χ3n) is 4.29. The lowest BCUT2D eigenvalue weighted by atomic mass is 10.1. The fraction of sp³-hybridized carbons (Fsp3) is 0.818. The minimum atomic E-state index is -0.760. The Bertz CT molecular complexity index is 343. The maximum atomic E-state index is 10.3. The average Bonchev–Trinajstić information content (AvgIpc) is 2.60. The fourth-order valence-electron chi connectivity index (χ4n) is 2.74. The number of rotatable bonds is 19. The van der Waals surface area contributed by atoms with Crippen LogP contribution in [0.5, 0.6) is 0 Å². The summed E-state index contributed by atoms with van der Waals surface area (Å²) in [6.07, 6.45) is 21.7. The molecule has 0 aromatic carbocycles. The minimum absolute atomic E-state index is 0.177. The van der Waals surface area contributed by atoms with Gasteiger partial charge in [0, 0.05) is 13.0 Å². The molecule has 0 spiro atoms. The van der Waals surface area contributed by atoms with E-state index >= 15 is 0 Å². The molecule has 3 nitrogen and oxygen atoms in total. The largest absolute Gasteiger partial charge is 0.481 e. The lowest BCUT2D eigenvalue weighted by Gasteiger charge is -2.03. The van der Waals surface area contributed by atoms with Crippen molar-refractivity contribution in [2.24, 2.45) is 0 Å². The lowest BCUT2D eigenvalue weighted by molar-refractivity contribution is -0.136. The molecule has 0 bridgehead atoms. The summed E-state index contributed by atoms with van der Waals surface area (Å²) >= 11 is 0. The van der Waals surface area contributed by atoms with Crippen LogP contribution in [0.1, 0.15) is 103 Å². The maximum absolute atomic E-state index is 10.3. The van der Waals surface area contributed by atoms with Gasteiger partial charge >= 0.3 is 5.97 Å². The van der Waals surface area contributed by atoms with Gasteiger partial charge in [-0.15, -0.1) is 5.73 Å². The molecular formula is C22H40O3. The van der Waals surface area contributed by atoms with E-state index in [0.717, 1.165) is 26.1 Å². The smallest absolute Gasteiger partial charge is 0.303 e. The molecule has 25 heavy (non-hydrogen) atoms. The first-order valence-corrected chi connectivity index (χ1v) is 10.5. The minimum Gasteiger partial charge on any atom is -0.481 e. The number of carboxylic acids is 1. The van der Waals surface area contributed by atoms with Crippen LogP contribution in [0.25, 0.3) is 0 Å². The van der Waals surface area contributed by atoms with Crippen molar-refractivity contribution < 1.29 is 14.6 Å². The molecule has 0 saturated heterocycles. The third kappa shape index (κ3) is 22.9. The molecule has 0 atom stereocenters. The predicted octanol–water partition coefficient (Wildman–Crippen LogP) is 6.67. The molecule has 0 heterocycles. The SMILES string of the molecule is CCCCCCCCCCCCCCOCCC=C=CCCC(=O)O. The van der Waals surface area contributed by atoms with Gasteiger partial charge in [0.1, 0.15) is 0 Å². The van der Waals surface area contributed by atoms with E-state index < -0.39 is 5.97 Å². The van der Waals surface area contributed by atoms with Gasteiger partial charge in [0.15, 0.2) is 0 Å². The second-order valence-electron chi connectivity index (χ2n) is 6.80. The summed E-state index contributed by atoms with van der Waals surface area (Å²) in [5.74, 6) is -0.760. The highest BCUT2D eigenvalue weighted by atomic mass is 16.5. The summed E-state index contributed by atoms with van der Waals surface area (Å²) in [6.45, 7) is 3.86. The van der Waals surface area contributed by atoms with Gasteiger partial charge in [-0.2, -0.15) is 0 Å². The predicted molar refractivity (Wildman–Crippen MR) is 106 cm³/mol. The van der Waals surface area contributed by atoms with Gasteiger partial charge in [-0.1, -0.05) is 77.6 Å². The lowest BCUT2D eigenvalue weighted by Crippen LogP contribution is -1.95. The van der Waals surface area contributed by atoms with Crippen molar-refractivity contribution in [2.75, 3.05) is 13.2 Å². The molecule has 0 rings (SSSR count). The Morgan fingerprint density at radius 2 is 1.32 bits per heavy atom. The Kier molecular flexibility index (Phi) is 20.1. The van der Waals surface area contributed by atoms with E-state index in [4.69, 9.17) is 9.84 Å². The highest BCUT2D eigenvalue weighted by molar-refractivity contribution is 5.66. The van der Waals surface area contributed by atoms with Gasteiger partial charge in [0.25, 0.3) is 0 Å². The van der Waals surface area contributed by atoms with Gasteiger partial charge in [-0.3, -0.25) is 4.79 Å². The number of aliphatic carboxylic acids is 1. The summed E-state index contributed by atoms with van der Waals surface area (Å²) in [5.41, 5.74) is 3.00. The van der Waals surface area contributed by atoms with E-state index in [-0.39, 0.29) is 6.42 Å². The van der Waals surface area contributed by atoms with Crippen molar-refractivity contribution in [3.63, 3.8) is 0 Å². The summed E-state index contributed by atoms with van der Waals surface area (Å²) in [7, 11) is 0. The first kappa shape index (κ1) is 23.9.